The van der Waals surface area contributed by atoms with E-state index in [1.807, 2.05) is 0 Å². The van der Waals surface area contributed by atoms with Crippen molar-refractivity contribution in [1.29, 1.82) is 0 Å². The van der Waals surface area contributed by atoms with Crippen molar-refractivity contribution in [3.63, 3.8) is 0 Å². The highest BCUT2D eigenvalue weighted by Crippen LogP contribution is 2.16. The first-order valence-corrected chi connectivity index (χ1v) is 4.94. The SMILES string of the molecule is OC(Cc1cccc(F)c1)c1ccncn1. The maximum Gasteiger partial charge on any atom is 0.123 e. The molecule has 0 bridgehead atoms. The second-order valence-electron chi connectivity index (χ2n) is 3.48. The number of halogens is 1. The molecule has 0 aliphatic heterocycles. The zero-order valence-corrected chi connectivity index (χ0v) is 8.55. The number of hydrogen-bond acceptors (Lipinski definition) is 3. The minimum Gasteiger partial charge on any atom is -0.386 e. The summed E-state index contributed by atoms with van der Waals surface area (Å²) >= 11 is 0. The van der Waals surface area contributed by atoms with Crippen molar-refractivity contribution >= 4 is 0 Å². The van der Waals surface area contributed by atoms with E-state index in [0.29, 0.717) is 12.1 Å². The van der Waals surface area contributed by atoms with E-state index in [1.54, 1.807) is 24.4 Å². The molecule has 2 aromatic rings. The topological polar surface area (TPSA) is 46.0 Å². The fraction of sp³-hybridized carbons (Fsp3) is 0.167. The molecule has 1 heterocycles. The maximum absolute atomic E-state index is 12.9. The van der Waals surface area contributed by atoms with E-state index in [1.165, 1.54) is 18.5 Å². The van der Waals surface area contributed by atoms with E-state index < -0.39 is 6.10 Å². The Balaban J connectivity index is 2.11. The molecule has 1 unspecified atom stereocenters. The monoisotopic (exact) mass is 218 g/mol. The third-order valence-corrected chi connectivity index (χ3v) is 2.26. The van der Waals surface area contributed by atoms with Gasteiger partial charge in [0.15, 0.2) is 0 Å². The lowest BCUT2D eigenvalue weighted by Crippen LogP contribution is -2.04. The summed E-state index contributed by atoms with van der Waals surface area (Å²) < 4.78 is 12.9. The van der Waals surface area contributed by atoms with Gasteiger partial charge in [-0.05, 0) is 23.8 Å². The van der Waals surface area contributed by atoms with Crippen molar-refractivity contribution in [2.45, 2.75) is 12.5 Å². The van der Waals surface area contributed by atoms with Gasteiger partial charge in [-0.2, -0.15) is 0 Å². The van der Waals surface area contributed by atoms with Crippen molar-refractivity contribution in [3.8, 4) is 0 Å². The number of rotatable bonds is 3. The van der Waals surface area contributed by atoms with Gasteiger partial charge in [0.25, 0.3) is 0 Å². The molecule has 4 heteroatoms. The molecule has 16 heavy (non-hydrogen) atoms. The average Bonchev–Trinajstić information content (AvgIpc) is 2.30. The number of aromatic nitrogens is 2. The fourth-order valence-corrected chi connectivity index (χ4v) is 1.49. The van der Waals surface area contributed by atoms with Crippen LogP contribution in [0.1, 0.15) is 17.4 Å². The minimum absolute atomic E-state index is 0.299. The molecular formula is C12H11FN2O. The van der Waals surface area contributed by atoms with Gasteiger partial charge in [-0.25, -0.2) is 14.4 Å². The highest BCUT2D eigenvalue weighted by molar-refractivity contribution is 5.18. The van der Waals surface area contributed by atoms with Gasteiger partial charge < -0.3 is 5.11 Å². The summed E-state index contributed by atoms with van der Waals surface area (Å²) in [6, 6.07) is 7.82. The van der Waals surface area contributed by atoms with Crippen molar-refractivity contribution in [2.24, 2.45) is 0 Å². The van der Waals surface area contributed by atoms with Crippen LogP contribution in [0.5, 0.6) is 0 Å². The van der Waals surface area contributed by atoms with E-state index in [2.05, 4.69) is 9.97 Å². The summed E-state index contributed by atoms with van der Waals surface area (Å²) in [7, 11) is 0. The molecule has 0 saturated carbocycles. The Hall–Kier alpha value is -1.81. The Labute approximate surface area is 92.6 Å². The molecule has 0 saturated heterocycles. The van der Waals surface area contributed by atoms with E-state index in [0.717, 1.165) is 5.56 Å². The maximum atomic E-state index is 12.9. The van der Waals surface area contributed by atoms with Crippen LogP contribution in [0.3, 0.4) is 0 Å². The zero-order valence-electron chi connectivity index (χ0n) is 8.55. The van der Waals surface area contributed by atoms with Gasteiger partial charge in [-0.3, -0.25) is 0 Å². The Morgan fingerprint density at radius 2 is 2.19 bits per heavy atom. The van der Waals surface area contributed by atoms with Crippen LogP contribution in [0.25, 0.3) is 0 Å². The molecule has 1 aromatic carbocycles. The van der Waals surface area contributed by atoms with Crippen molar-refractivity contribution in [1.82, 2.24) is 9.97 Å². The quantitative estimate of drug-likeness (QED) is 0.855. The molecule has 0 aliphatic rings. The van der Waals surface area contributed by atoms with Crippen LogP contribution in [0.2, 0.25) is 0 Å². The summed E-state index contributed by atoms with van der Waals surface area (Å²) in [5.41, 5.74) is 1.28. The largest absolute Gasteiger partial charge is 0.386 e. The molecule has 1 atom stereocenters. The summed E-state index contributed by atoms with van der Waals surface area (Å²) in [6.45, 7) is 0. The molecule has 2 rings (SSSR count). The predicted molar refractivity (Wildman–Crippen MR) is 57.1 cm³/mol. The van der Waals surface area contributed by atoms with Crippen LogP contribution in [0, 0.1) is 5.82 Å². The lowest BCUT2D eigenvalue weighted by atomic mass is 10.1. The number of benzene rings is 1. The Kier molecular flexibility index (Phi) is 3.22. The van der Waals surface area contributed by atoms with E-state index in [9.17, 15) is 9.50 Å². The molecule has 0 fully saturated rings. The number of aliphatic hydroxyl groups excluding tert-OH is 1. The first-order valence-electron chi connectivity index (χ1n) is 4.94. The third kappa shape index (κ3) is 2.61. The minimum atomic E-state index is -0.732. The van der Waals surface area contributed by atoms with Crippen LogP contribution in [-0.4, -0.2) is 15.1 Å². The number of aliphatic hydroxyl groups is 1. The average molecular weight is 218 g/mol. The molecule has 0 aliphatic carbocycles. The smallest absolute Gasteiger partial charge is 0.123 e. The van der Waals surface area contributed by atoms with E-state index in [-0.39, 0.29) is 5.82 Å². The van der Waals surface area contributed by atoms with Gasteiger partial charge in [0, 0.05) is 12.6 Å². The summed E-state index contributed by atoms with van der Waals surface area (Å²) in [5, 5.41) is 9.85. The van der Waals surface area contributed by atoms with Gasteiger partial charge in [0.2, 0.25) is 0 Å². The van der Waals surface area contributed by atoms with Gasteiger partial charge in [-0.1, -0.05) is 12.1 Å². The van der Waals surface area contributed by atoms with Gasteiger partial charge >= 0.3 is 0 Å². The summed E-state index contributed by atoms with van der Waals surface area (Å²) in [4.78, 5) is 7.71. The van der Waals surface area contributed by atoms with Gasteiger partial charge in [-0.15, -0.1) is 0 Å². The molecule has 0 spiro atoms. The highest BCUT2D eigenvalue weighted by Gasteiger charge is 2.09. The Morgan fingerprint density at radius 3 is 2.88 bits per heavy atom. The van der Waals surface area contributed by atoms with Crippen LogP contribution in [0.15, 0.2) is 42.9 Å². The van der Waals surface area contributed by atoms with Crippen LogP contribution < -0.4 is 0 Å². The zero-order chi connectivity index (χ0) is 11.4. The van der Waals surface area contributed by atoms with Crippen LogP contribution in [-0.2, 0) is 6.42 Å². The third-order valence-electron chi connectivity index (χ3n) is 2.26. The van der Waals surface area contributed by atoms with Gasteiger partial charge in [0.05, 0.1) is 5.69 Å². The van der Waals surface area contributed by atoms with Crippen molar-refractivity contribution < 1.29 is 9.50 Å². The molecule has 0 amide bonds. The number of hydrogen-bond donors (Lipinski definition) is 1. The van der Waals surface area contributed by atoms with Crippen LogP contribution >= 0.6 is 0 Å². The summed E-state index contributed by atoms with van der Waals surface area (Å²) in [5.74, 6) is -0.299. The van der Waals surface area contributed by atoms with Gasteiger partial charge in [0.1, 0.15) is 18.2 Å². The second kappa shape index (κ2) is 4.81. The Morgan fingerprint density at radius 1 is 1.31 bits per heavy atom. The van der Waals surface area contributed by atoms with E-state index in [4.69, 9.17) is 0 Å². The van der Waals surface area contributed by atoms with Crippen LogP contribution in [0.4, 0.5) is 4.39 Å². The highest BCUT2D eigenvalue weighted by atomic mass is 19.1. The molecule has 0 radical (unpaired) electrons. The predicted octanol–water partition coefficient (Wildman–Crippen LogP) is 1.89. The first kappa shape index (κ1) is 10.7. The molecule has 82 valence electrons. The summed E-state index contributed by atoms with van der Waals surface area (Å²) in [6.07, 6.45) is 2.56. The fourth-order valence-electron chi connectivity index (χ4n) is 1.49. The lowest BCUT2D eigenvalue weighted by molar-refractivity contribution is 0.173. The molecule has 3 nitrogen and oxygen atoms in total. The normalized spacial score (nSPS) is 12.4. The molecule has 1 N–H and O–H groups in total. The standard InChI is InChI=1S/C12H11FN2O/c13-10-3-1-2-9(6-10)7-12(16)11-4-5-14-8-15-11/h1-6,8,12,16H,7H2. The number of nitrogens with zero attached hydrogens (tertiary/aromatic N) is 2. The Bertz CT molecular complexity index is 462. The second-order valence-corrected chi connectivity index (χ2v) is 3.48. The van der Waals surface area contributed by atoms with E-state index >= 15 is 0 Å². The van der Waals surface area contributed by atoms with Crippen molar-refractivity contribution in [2.75, 3.05) is 0 Å². The molecular weight excluding hydrogens is 207 g/mol. The molecule has 1 aromatic heterocycles. The lowest BCUT2D eigenvalue weighted by Gasteiger charge is -2.09. The first-order chi connectivity index (χ1) is 7.75. The van der Waals surface area contributed by atoms with Crippen molar-refractivity contribution in [3.05, 3.63) is 59.9 Å².